The topological polar surface area (TPSA) is 85.0 Å². The minimum atomic E-state index is -1.17. The van der Waals surface area contributed by atoms with Gasteiger partial charge in [0.15, 0.2) is 28.7 Å². The Morgan fingerprint density at radius 2 is 2.07 bits per heavy atom. The molecular weight excluding hydrogens is 379 g/mol. The van der Waals surface area contributed by atoms with Gasteiger partial charge in [-0.15, -0.1) is 0 Å². The van der Waals surface area contributed by atoms with E-state index in [0.29, 0.717) is 18.7 Å². The third-order valence-corrected chi connectivity index (χ3v) is 4.79. The largest absolute Gasteiger partial charge is 0.494 e. The first-order valence-electron chi connectivity index (χ1n) is 9.10. The summed E-state index contributed by atoms with van der Waals surface area (Å²) < 4.78 is 30.0. The monoisotopic (exact) mass is 398 g/mol. The first-order valence-corrected chi connectivity index (χ1v) is 9.10. The van der Waals surface area contributed by atoms with Gasteiger partial charge in [-0.3, -0.25) is 0 Å². The Morgan fingerprint density at radius 1 is 1.28 bits per heavy atom. The number of aromatic carboxylic acids is 1. The number of carboxylic acids is 1. The SMILES string of the molecule is COc1cc(-c2onc(N3CC[C@@H](Oc4ccccc4)C3)c2C(=O)O)ccc1F. The third-order valence-electron chi connectivity index (χ3n) is 4.79. The van der Waals surface area contributed by atoms with Gasteiger partial charge in [0.25, 0.3) is 0 Å². The van der Waals surface area contributed by atoms with Crippen LogP contribution in [0.3, 0.4) is 0 Å². The van der Waals surface area contributed by atoms with Crippen molar-refractivity contribution in [2.75, 3.05) is 25.1 Å². The number of benzene rings is 2. The van der Waals surface area contributed by atoms with Gasteiger partial charge in [0, 0.05) is 18.5 Å². The third kappa shape index (κ3) is 3.73. The van der Waals surface area contributed by atoms with Crippen molar-refractivity contribution >= 4 is 11.8 Å². The zero-order valence-corrected chi connectivity index (χ0v) is 15.7. The highest BCUT2D eigenvalue weighted by atomic mass is 19.1. The molecule has 3 aromatic rings. The van der Waals surface area contributed by atoms with Crippen molar-refractivity contribution in [3.8, 4) is 22.8 Å². The van der Waals surface area contributed by atoms with Gasteiger partial charge in [-0.05, 0) is 30.3 Å². The molecule has 1 atom stereocenters. The summed E-state index contributed by atoms with van der Waals surface area (Å²) in [5.41, 5.74) is 0.301. The number of para-hydroxylation sites is 1. The highest BCUT2D eigenvalue weighted by Gasteiger charge is 2.33. The molecular formula is C21H19FN2O5. The molecule has 29 heavy (non-hydrogen) atoms. The van der Waals surface area contributed by atoms with Gasteiger partial charge in [0.05, 0.1) is 13.7 Å². The molecule has 1 saturated heterocycles. The molecule has 0 radical (unpaired) electrons. The summed E-state index contributed by atoms with van der Waals surface area (Å²) in [4.78, 5) is 13.8. The van der Waals surface area contributed by atoms with Crippen molar-refractivity contribution in [2.45, 2.75) is 12.5 Å². The molecule has 7 nitrogen and oxygen atoms in total. The molecule has 1 fully saturated rings. The number of carbonyl (C=O) groups is 1. The highest BCUT2D eigenvalue weighted by molar-refractivity contribution is 5.99. The number of carboxylic acid groups (broad SMARTS) is 1. The molecule has 2 heterocycles. The molecule has 1 aromatic heterocycles. The summed E-state index contributed by atoms with van der Waals surface area (Å²) in [6.07, 6.45) is 0.630. The van der Waals surface area contributed by atoms with Gasteiger partial charge in [-0.2, -0.15) is 0 Å². The van der Waals surface area contributed by atoms with Crippen molar-refractivity contribution in [3.63, 3.8) is 0 Å². The molecule has 0 amide bonds. The maximum absolute atomic E-state index is 13.7. The van der Waals surface area contributed by atoms with Crippen LogP contribution in [0.5, 0.6) is 11.5 Å². The minimum absolute atomic E-state index is 0.00529. The summed E-state index contributed by atoms with van der Waals surface area (Å²) >= 11 is 0. The molecule has 1 N–H and O–H groups in total. The van der Waals surface area contributed by atoms with E-state index in [1.54, 1.807) is 0 Å². The summed E-state index contributed by atoms with van der Waals surface area (Å²) in [6.45, 7) is 1.06. The summed E-state index contributed by atoms with van der Waals surface area (Å²) in [6, 6.07) is 13.5. The van der Waals surface area contributed by atoms with Crippen LogP contribution in [0.4, 0.5) is 10.2 Å². The quantitative estimate of drug-likeness (QED) is 0.675. The normalized spacial score (nSPS) is 16.1. The van der Waals surface area contributed by atoms with Crippen molar-refractivity contribution < 1.29 is 28.3 Å². The molecule has 8 heteroatoms. The lowest BCUT2D eigenvalue weighted by atomic mass is 10.1. The fraction of sp³-hybridized carbons (Fsp3) is 0.238. The Balaban J connectivity index is 1.60. The first kappa shape index (κ1) is 18.8. The van der Waals surface area contributed by atoms with Crippen LogP contribution in [0, 0.1) is 5.82 Å². The van der Waals surface area contributed by atoms with Crippen LogP contribution in [-0.2, 0) is 0 Å². The van der Waals surface area contributed by atoms with E-state index in [9.17, 15) is 14.3 Å². The van der Waals surface area contributed by atoms with Crippen LogP contribution in [0.25, 0.3) is 11.3 Å². The first-order chi connectivity index (χ1) is 14.1. The van der Waals surface area contributed by atoms with Crippen LogP contribution in [-0.4, -0.2) is 42.5 Å². The maximum Gasteiger partial charge on any atom is 0.343 e. The smallest absolute Gasteiger partial charge is 0.343 e. The number of halogens is 1. The van der Waals surface area contributed by atoms with Crippen LogP contribution in [0.1, 0.15) is 16.8 Å². The zero-order valence-electron chi connectivity index (χ0n) is 15.7. The van der Waals surface area contributed by atoms with Crippen molar-refractivity contribution in [3.05, 3.63) is 59.9 Å². The van der Waals surface area contributed by atoms with Gasteiger partial charge < -0.3 is 24.0 Å². The van der Waals surface area contributed by atoms with Gasteiger partial charge in [-0.1, -0.05) is 23.4 Å². The van der Waals surface area contributed by atoms with E-state index in [0.717, 1.165) is 12.2 Å². The lowest BCUT2D eigenvalue weighted by Gasteiger charge is -2.16. The number of rotatable bonds is 6. The highest BCUT2D eigenvalue weighted by Crippen LogP contribution is 2.35. The number of methoxy groups -OCH3 is 1. The number of anilines is 1. The number of hydrogen-bond acceptors (Lipinski definition) is 6. The molecule has 1 aliphatic heterocycles. The average Bonchev–Trinajstić information content (AvgIpc) is 3.36. The van der Waals surface area contributed by atoms with Crippen LogP contribution in [0.2, 0.25) is 0 Å². The van der Waals surface area contributed by atoms with Crippen LogP contribution in [0.15, 0.2) is 53.1 Å². The van der Waals surface area contributed by atoms with E-state index in [1.165, 1.54) is 25.3 Å². The Labute approximate surface area is 166 Å². The fourth-order valence-corrected chi connectivity index (χ4v) is 3.40. The summed E-state index contributed by atoms with van der Waals surface area (Å²) in [5, 5.41) is 13.8. The number of aromatic nitrogens is 1. The van der Waals surface area contributed by atoms with E-state index in [2.05, 4.69) is 5.16 Å². The van der Waals surface area contributed by atoms with Crippen molar-refractivity contribution in [1.29, 1.82) is 0 Å². The van der Waals surface area contributed by atoms with Gasteiger partial charge >= 0.3 is 5.97 Å². The lowest BCUT2D eigenvalue weighted by molar-refractivity contribution is 0.0697. The van der Waals surface area contributed by atoms with E-state index in [-0.39, 0.29) is 29.0 Å². The Hall–Kier alpha value is -3.55. The van der Waals surface area contributed by atoms with Crippen molar-refractivity contribution in [2.24, 2.45) is 0 Å². The Kier molecular flexibility index (Phi) is 5.07. The van der Waals surface area contributed by atoms with Crippen LogP contribution >= 0.6 is 0 Å². The molecule has 0 spiro atoms. The standard InChI is InChI=1S/C21H19FN2O5/c1-27-17-11-13(7-8-16(17)22)19-18(21(25)26)20(23-29-19)24-10-9-15(12-24)28-14-5-3-2-4-6-14/h2-8,11,15H,9-10,12H2,1H3,(H,25,26)/t15-/m1/s1. The zero-order chi connectivity index (χ0) is 20.4. The average molecular weight is 398 g/mol. The van der Waals surface area contributed by atoms with Gasteiger partial charge in [0.1, 0.15) is 11.9 Å². The lowest BCUT2D eigenvalue weighted by Crippen LogP contribution is -2.26. The molecule has 0 bridgehead atoms. The number of ether oxygens (including phenoxy) is 2. The Bertz CT molecular complexity index is 1020. The second-order valence-corrected chi connectivity index (χ2v) is 6.65. The molecule has 1 aliphatic rings. The van der Waals surface area contributed by atoms with E-state index < -0.39 is 11.8 Å². The number of hydrogen-bond donors (Lipinski definition) is 1. The second kappa shape index (κ2) is 7.83. The van der Waals surface area contributed by atoms with Crippen LogP contribution < -0.4 is 14.4 Å². The predicted octanol–water partition coefficient (Wildman–Crippen LogP) is 3.85. The van der Waals surface area contributed by atoms with Crippen molar-refractivity contribution in [1.82, 2.24) is 5.16 Å². The minimum Gasteiger partial charge on any atom is -0.494 e. The number of nitrogens with zero attached hydrogens (tertiary/aromatic N) is 2. The van der Waals surface area contributed by atoms with Gasteiger partial charge in [0.2, 0.25) is 0 Å². The maximum atomic E-state index is 13.7. The van der Waals surface area contributed by atoms with E-state index >= 15 is 0 Å². The molecule has 150 valence electrons. The van der Waals surface area contributed by atoms with E-state index in [1.807, 2.05) is 35.2 Å². The molecule has 0 saturated carbocycles. The molecule has 0 aliphatic carbocycles. The predicted molar refractivity (Wildman–Crippen MR) is 103 cm³/mol. The Morgan fingerprint density at radius 3 is 2.79 bits per heavy atom. The summed E-state index contributed by atoms with van der Waals surface area (Å²) in [5.74, 6) is -0.681. The molecule has 4 rings (SSSR count). The summed E-state index contributed by atoms with van der Waals surface area (Å²) in [7, 11) is 1.34. The molecule has 2 aromatic carbocycles. The fourth-order valence-electron chi connectivity index (χ4n) is 3.40. The van der Waals surface area contributed by atoms with Gasteiger partial charge in [-0.25, -0.2) is 9.18 Å². The second-order valence-electron chi connectivity index (χ2n) is 6.65. The molecule has 0 unspecified atom stereocenters. The van der Waals surface area contributed by atoms with E-state index in [4.69, 9.17) is 14.0 Å².